The van der Waals surface area contributed by atoms with Gasteiger partial charge in [-0.2, -0.15) is 0 Å². The van der Waals surface area contributed by atoms with Crippen LogP contribution in [0.4, 0.5) is 5.82 Å². The lowest BCUT2D eigenvalue weighted by molar-refractivity contribution is 0.715. The van der Waals surface area contributed by atoms with Crippen LogP contribution in [0.1, 0.15) is 45.9 Å². The molecule has 0 aliphatic carbocycles. The van der Waals surface area contributed by atoms with Gasteiger partial charge in [-0.3, -0.25) is 0 Å². The van der Waals surface area contributed by atoms with Gasteiger partial charge >= 0.3 is 0 Å². The molecule has 1 rings (SSSR count). The van der Waals surface area contributed by atoms with Gasteiger partial charge in [0.15, 0.2) is 0 Å². The Morgan fingerprint density at radius 2 is 1.94 bits per heavy atom. The third-order valence-electron chi connectivity index (χ3n) is 2.69. The van der Waals surface area contributed by atoms with Gasteiger partial charge in [-0.1, -0.05) is 20.3 Å². The number of rotatable bonds is 7. The van der Waals surface area contributed by atoms with E-state index in [1.807, 2.05) is 6.07 Å². The Balaban J connectivity index is 2.85. The average molecular weight is 300 g/mol. The highest BCUT2D eigenvalue weighted by atomic mass is 79.9. The highest BCUT2D eigenvalue weighted by Crippen LogP contribution is 2.17. The lowest BCUT2D eigenvalue weighted by atomic mass is 10.3. The molecule has 0 aliphatic rings. The fraction of sp³-hybridized carbons (Fsp3) is 0.692. The maximum absolute atomic E-state index is 4.63. The van der Waals surface area contributed by atoms with Crippen LogP contribution in [0.3, 0.4) is 0 Å². The summed E-state index contributed by atoms with van der Waals surface area (Å²) in [5, 5.41) is 0. The molecule has 0 aliphatic heterocycles. The lowest BCUT2D eigenvalue weighted by Crippen LogP contribution is -2.25. The minimum absolute atomic E-state index is 0.890. The van der Waals surface area contributed by atoms with Crippen LogP contribution in [0.25, 0.3) is 0 Å². The smallest absolute Gasteiger partial charge is 0.133 e. The number of nitrogens with zero attached hydrogens (tertiary/aromatic N) is 3. The van der Waals surface area contributed by atoms with E-state index in [-0.39, 0.29) is 0 Å². The van der Waals surface area contributed by atoms with Gasteiger partial charge < -0.3 is 4.90 Å². The van der Waals surface area contributed by atoms with Gasteiger partial charge in [0.05, 0.1) is 0 Å². The van der Waals surface area contributed by atoms with Crippen molar-refractivity contribution in [1.29, 1.82) is 0 Å². The van der Waals surface area contributed by atoms with Gasteiger partial charge in [0.2, 0.25) is 0 Å². The highest BCUT2D eigenvalue weighted by molar-refractivity contribution is 9.10. The van der Waals surface area contributed by atoms with Gasteiger partial charge in [-0.05, 0) is 35.7 Å². The first-order valence-electron chi connectivity index (χ1n) is 6.49. The number of anilines is 1. The van der Waals surface area contributed by atoms with Crippen molar-refractivity contribution in [3.63, 3.8) is 0 Å². The highest BCUT2D eigenvalue weighted by Gasteiger charge is 2.08. The molecule has 1 aromatic heterocycles. The van der Waals surface area contributed by atoms with Crippen LogP contribution in [0, 0.1) is 0 Å². The Morgan fingerprint density at radius 1 is 1.18 bits per heavy atom. The first-order valence-corrected chi connectivity index (χ1v) is 7.28. The molecule has 0 bridgehead atoms. The van der Waals surface area contributed by atoms with Crippen molar-refractivity contribution in [3.8, 4) is 0 Å². The van der Waals surface area contributed by atoms with Crippen LogP contribution >= 0.6 is 15.9 Å². The quantitative estimate of drug-likeness (QED) is 0.717. The van der Waals surface area contributed by atoms with E-state index in [0.717, 1.165) is 42.2 Å². The molecule has 0 N–H and O–H groups in total. The topological polar surface area (TPSA) is 29.0 Å². The number of aryl methyl sites for hydroxylation is 1. The molecule has 0 saturated carbocycles. The number of unbranched alkanes of at least 4 members (excludes halogenated alkanes) is 1. The van der Waals surface area contributed by atoms with E-state index < -0.39 is 0 Å². The summed E-state index contributed by atoms with van der Waals surface area (Å²) >= 11 is 3.47. The van der Waals surface area contributed by atoms with Crippen molar-refractivity contribution in [2.45, 2.75) is 46.5 Å². The van der Waals surface area contributed by atoms with Crippen LogP contribution < -0.4 is 4.90 Å². The predicted octanol–water partition coefficient (Wildman–Crippen LogP) is 3.82. The third-order valence-corrected chi connectivity index (χ3v) is 3.09. The molecule has 17 heavy (non-hydrogen) atoms. The van der Waals surface area contributed by atoms with Crippen LogP contribution in [0.15, 0.2) is 10.7 Å². The molecule has 0 aromatic carbocycles. The maximum atomic E-state index is 4.63. The van der Waals surface area contributed by atoms with Crippen molar-refractivity contribution in [2.24, 2.45) is 0 Å². The van der Waals surface area contributed by atoms with Gasteiger partial charge in [-0.25, -0.2) is 9.97 Å². The molecule has 1 aromatic rings. The number of hydrogen-bond donors (Lipinski definition) is 0. The summed E-state index contributed by atoms with van der Waals surface area (Å²) in [5.41, 5.74) is 0. The van der Waals surface area contributed by atoms with E-state index in [2.05, 4.69) is 51.6 Å². The van der Waals surface area contributed by atoms with Gasteiger partial charge in [0.1, 0.15) is 16.2 Å². The monoisotopic (exact) mass is 299 g/mol. The SMILES string of the molecule is CCCCN(CC)c1cc(Br)nc(CCC)n1. The third kappa shape index (κ3) is 4.62. The fourth-order valence-corrected chi connectivity index (χ4v) is 2.14. The van der Waals surface area contributed by atoms with Crippen molar-refractivity contribution >= 4 is 21.7 Å². The second-order valence-electron chi connectivity index (χ2n) is 4.15. The van der Waals surface area contributed by atoms with Crippen molar-refractivity contribution in [2.75, 3.05) is 18.0 Å². The summed E-state index contributed by atoms with van der Waals surface area (Å²) in [5.74, 6) is 1.98. The Bertz CT molecular complexity index is 341. The van der Waals surface area contributed by atoms with Crippen LogP contribution in [0.5, 0.6) is 0 Å². The minimum atomic E-state index is 0.890. The van der Waals surface area contributed by atoms with Gasteiger partial charge in [-0.15, -0.1) is 0 Å². The molecular formula is C13H22BrN3. The molecule has 0 unspecified atom stereocenters. The zero-order valence-corrected chi connectivity index (χ0v) is 12.6. The lowest BCUT2D eigenvalue weighted by Gasteiger charge is -2.22. The summed E-state index contributed by atoms with van der Waals surface area (Å²) in [6.45, 7) is 8.60. The minimum Gasteiger partial charge on any atom is -0.357 e. The molecule has 0 radical (unpaired) electrons. The summed E-state index contributed by atoms with van der Waals surface area (Å²) in [7, 11) is 0. The van der Waals surface area contributed by atoms with Crippen molar-refractivity contribution < 1.29 is 0 Å². The zero-order valence-electron chi connectivity index (χ0n) is 11.0. The molecule has 0 atom stereocenters. The van der Waals surface area contributed by atoms with E-state index >= 15 is 0 Å². The second kappa shape index (κ2) is 7.64. The Kier molecular flexibility index (Phi) is 6.48. The molecule has 0 saturated heterocycles. The number of aromatic nitrogens is 2. The maximum Gasteiger partial charge on any atom is 0.133 e. The molecule has 0 amide bonds. The summed E-state index contributed by atoms with van der Waals surface area (Å²) in [4.78, 5) is 11.3. The second-order valence-corrected chi connectivity index (χ2v) is 4.96. The van der Waals surface area contributed by atoms with Crippen LogP contribution in [-0.2, 0) is 6.42 Å². The molecule has 96 valence electrons. The zero-order chi connectivity index (χ0) is 12.7. The Labute approximate surface area is 113 Å². The molecule has 4 heteroatoms. The van der Waals surface area contributed by atoms with Gasteiger partial charge in [0.25, 0.3) is 0 Å². The fourth-order valence-electron chi connectivity index (χ4n) is 1.73. The van der Waals surface area contributed by atoms with Gasteiger partial charge in [0, 0.05) is 25.6 Å². The summed E-state index contributed by atoms with van der Waals surface area (Å²) in [6.07, 6.45) is 4.44. The van der Waals surface area contributed by atoms with E-state index in [9.17, 15) is 0 Å². The first kappa shape index (κ1) is 14.4. The Hall–Kier alpha value is -0.640. The summed E-state index contributed by atoms with van der Waals surface area (Å²) < 4.78 is 0.890. The molecular weight excluding hydrogens is 278 g/mol. The predicted molar refractivity (Wildman–Crippen MR) is 76.5 cm³/mol. The van der Waals surface area contributed by atoms with Crippen molar-refractivity contribution in [3.05, 3.63) is 16.5 Å². The average Bonchev–Trinajstić information content (AvgIpc) is 2.30. The molecule has 0 spiro atoms. The standard InChI is InChI=1S/C13H22BrN3/c1-4-7-9-17(6-3)13-10-11(14)15-12(16-13)8-5-2/h10H,4-9H2,1-3H3. The molecule has 0 fully saturated rings. The van der Waals surface area contributed by atoms with Crippen molar-refractivity contribution in [1.82, 2.24) is 9.97 Å². The Morgan fingerprint density at radius 3 is 2.53 bits per heavy atom. The number of halogens is 1. The van der Waals surface area contributed by atoms with Crippen LogP contribution in [-0.4, -0.2) is 23.1 Å². The number of hydrogen-bond acceptors (Lipinski definition) is 3. The van der Waals surface area contributed by atoms with Crippen LogP contribution in [0.2, 0.25) is 0 Å². The first-order chi connectivity index (χ1) is 8.21. The normalized spacial score (nSPS) is 10.6. The largest absolute Gasteiger partial charge is 0.357 e. The molecule has 3 nitrogen and oxygen atoms in total. The van der Waals surface area contributed by atoms with E-state index in [1.54, 1.807) is 0 Å². The summed E-state index contributed by atoms with van der Waals surface area (Å²) in [6, 6.07) is 2.01. The van der Waals surface area contributed by atoms with E-state index in [0.29, 0.717) is 0 Å². The molecule has 1 heterocycles. The van der Waals surface area contributed by atoms with E-state index in [1.165, 1.54) is 12.8 Å². The van der Waals surface area contributed by atoms with E-state index in [4.69, 9.17) is 0 Å².